The van der Waals surface area contributed by atoms with E-state index >= 15 is 0 Å². The molecule has 0 bridgehead atoms. The number of carboxylic acid groups (broad SMARTS) is 1. The molecule has 1 amide bonds. The van der Waals surface area contributed by atoms with Gasteiger partial charge in [-0.15, -0.1) is 0 Å². The zero-order valence-electron chi connectivity index (χ0n) is 10.5. The van der Waals surface area contributed by atoms with Crippen LogP contribution in [0.4, 0.5) is 0 Å². The summed E-state index contributed by atoms with van der Waals surface area (Å²) in [5.74, 6) is -1.24. The van der Waals surface area contributed by atoms with E-state index in [9.17, 15) is 9.59 Å². The number of likely N-dealkylation sites (tertiary alicyclic amines) is 1. The molecule has 1 saturated heterocycles. The second kappa shape index (κ2) is 5.37. The minimum absolute atomic E-state index is 0.0705. The molecule has 6 nitrogen and oxygen atoms in total. The molecule has 18 heavy (non-hydrogen) atoms. The van der Waals surface area contributed by atoms with Crippen molar-refractivity contribution in [2.45, 2.75) is 51.2 Å². The molecule has 2 atom stereocenters. The molecule has 2 aliphatic heterocycles. The second-order valence-corrected chi connectivity index (χ2v) is 4.73. The van der Waals surface area contributed by atoms with Crippen molar-refractivity contribution in [3.05, 3.63) is 0 Å². The fourth-order valence-electron chi connectivity index (χ4n) is 2.54. The van der Waals surface area contributed by atoms with Gasteiger partial charge in [0.2, 0.25) is 6.10 Å². The smallest absolute Gasteiger partial charge is 0.353 e. The predicted molar refractivity (Wildman–Crippen MR) is 64.2 cm³/mol. The van der Waals surface area contributed by atoms with Crippen LogP contribution in [0.25, 0.3) is 0 Å². The Balaban J connectivity index is 1.98. The van der Waals surface area contributed by atoms with Gasteiger partial charge in [0.15, 0.2) is 5.71 Å². The third-order valence-corrected chi connectivity index (χ3v) is 3.57. The molecule has 2 unspecified atom stereocenters. The van der Waals surface area contributed by atoms with Crippen molar-refractivity contribution in [2.75, 3.05) is 6.54 Å². The summed E-state index contributed by atoms with van der Waals surface area (Å²) in [5.41, 5.74) is -0.0709. The average molecular weight is 254 g/mol. The number of rotatable bonds is 3. The standard InChI is InChI=1S/C12H18N2O4/c1-2-8-5-3-4-6-14(8)11(15)10-7-9(12(16)17)13-18-10/h8,10H,2-7H2,1H3,(H,16,17). The molecule has 1 N–H and O–H groups in total. The highest BCUT2D eigenvalue weighted by Gasteiger charge is 2.37. The molecule has 0 spiro atoms. The van der Waals surface area contributed by atoms with E-state index in [-0.39, 0.29) is 24.1 Å². The maximum Gasteiger partial charge on any atom is 0.353 e. The van der Waals surface area contributed by atoms with Gasteiger partial charge >= 0.3 is 5.97 Å². The highest BCUT2D eigenvalue weighted by molar-refractivity contribution is 6.36. The number of carbonyl (C=O) groups excluding carboxylic acids is 1. The van der Waals surface area contributed by atoms with E-state index in [0.717, 1.165) is 32.2 Å². The summed E-state index contributed by atoms with van der Waals surface area (Å²) in [4.78, 5) is 29.8. The van der Waals surface area contributed by atoms with Crippen molar-refractivity contribution in [1.29, 1.82) is 0 Å². The van der Waals surface area contributed by atoms with E-state index in [1.54, 1.807) is 0 Å². The van der Waals surface area contributed by atoms with Crippen LogP contribution in [-0.2, 0) is 14.4 Å². The maximum atomic E-state index is 12.3. The third kappa shape index (κ3) is 2.47. The SMILES string of the molecule is CCC1CCCCN1C(=O)C1CC(C(=O)O)=NO1. The van der Waals surface area contributed by atoms with Gasteiger partial charge in [-0.25, -0.2) is 4.79 Å². The van der Waals surface area contributed by atoms with Gasteiger partial charge in [-0.05, 0) is 25.7 Å². The summed E-state index contributed by atoms with van der Waals surface area (Å²) >= 11 is 0. The first-order valence-corrected chi connectivity index (χ1v) is 6.40. The summed E-state index contributed by atoms with van der Waals surface area (Å²) in [6.07, 6.45) is 3.41. The first-order valence-electron chi connectivity index (χ1n) is 6.40. The van der Waals surface area contributed by atoms with Gasteiger partial charge < -0.3 is 14.8 Å². The third-order valence-electron chi connectivity index (χ3n) is 3.57. The fraction of sp³-hybridized carbons (Fsp3) is 0.750. The zero-order valence-corrected chi connectivity index (χ0v) is 10.5. The lowest BCUT2D eigenvalue weighted by molar-refractivity contribution is -0.146. The van der Waals surface area contributed by atoms with E-state index in [1.165, 1.54) is 0 Å². The quantitative estimate of drug-likeness (QED) is 0.815. The van der Waals surface area contributed by atoms with Crippen LogP contribution in [0.1, 0.15) is 39.0 Å². The molecule has 2 aliphatic rings. The molecule has 0 aromatic rings. The van der Waals surface area contributed by atoms with Gasteiger partial charge in [0.05, 0.1) is 0 Å². The van der Waals surface area contributed by atoms with Crippen molar-refractivity contribution in [1.82, 2.24) is 4.90 Å². The highest BCUT2D eigenvalue weighted by atomic mass is 16.6. The van der Waals surface area contributed by atoms with E-state index in [1.807, 2.05) is 4.90 Å². The summed E-state index contributed by atoms with van der Waals surface area (Å²) in [6.45, 7) is 2.80. The molecule has 1 fully saturated rings. The van der Waals surface area contributed by atoms with E-state index in [0.29, 0.717) is 0 Å². The van der Waals surface area contributed by atoms with Crippen molar-refractivity contribution in [2.24, 2.45) is 5.16 Å². The molecular formula is C12H18N2O4. The lowest BCUT2D eigenvalue weighted by Gasteiger charge is -2.36. The maximum absolute atomic E-state index is 12.3. The van der Waals surface area contributed by atoms with Crippen LogP contribution in [0.15, 0.2) is 5.16 Å². The molecule has 0 aliphatic carbocycles. The number of hydrogen-bond acceptors (Lipinski definition) is 4. The number of nitrogens with zero attached hydrogens (tertiary/aromatic N) is 2. The lowest BCUT2D eigenvalue weighted by Crippen LogP contribution is -2.48. The Labute approximate surface area is 106 Å². The highest BCUT2D eigenvalue weighted by Crippen LogP contribution is 2.23. The second-order valence-electron chi connectivity index (χ2n) is 4.73. The minimum Gasteiger partial charge on any atom is -0.477 e. The van der Waals surface area contributed by atoms with Crippen LogP contribution in [0.5, 0.6) is 0 Å². The van der Waals surface area contributed by atoms with E-state index < -0.39 is 12.1 Å². The fourth-order valence-corrected chi connectivity index (χ4v) is 2.54. The van der Waals surface area contributed by atoms with Crippen molar-refractivity contribution < 1.29 is 19.5 Å². The molecular weight excluding hydrogens is 236 g/mol. The Hall–Kier alpha value is -1.59. The number of aliphatic carboxylic acids is 1. The summed E-state index contributed by atoms with van der Waals surface area (Å²) in [6, 6.07) is 0.253. The van der Waals surface area contributed by atoms with E-state index in [2.05, 4.69) is 12.1 Å². The van der Waals surface area contributed by atoms with Crippen molar-refractivity contribution >= 4 is 17.6 Å². The largest absolute Gasteiger partial charge is 0.477 e. The average Bonchev–Trinajstić information content (AvgIpc) is 2.87. The molecule has 0 saturated carbocycles. The Morgan fingerprint density at radius 3 is 2.89 bits per heavy atom. The van der Waals surface area contributed by atoms with Crippen LogP contribution in [0, 0.1) is 0 Å². The van der Waals surface area contributed by atoms with Crippen LogP contribution in [0.3, 0.4) is 0 Å². The topological polar surface area (TPSA) is 79.2 Å². The predicted octanol–water partition coefficient (Wildman–Crippen LogP) is 1.01. The van der Waals surface area contributed by atoms with Gasteiger partial charge in [0.1, 0.15) is 0 Å². The molecule has 2 rings (SSSR count). The van der Waals surface area contributed by atoms with Gasteiger partial charge in [-0.3, -0.25) is 4.79 Å². The van der Waals surface area contributed by atoms with Crippen LogP contribution < -0.4 is 0 Å². The first kappa shape index (κ1) is 12.9. The molecule has 2 heterocycles. The van der Waals surface area contributed by atoms with Crippen molar-refractivity contribution in [3.8, 4) is 0 Å². The normalized spacial score (nSPS) is 27.6. The summed E-state index contributed by atoms with van der Waals surface area (Å²) in [5, 5.41) is 12.2. The Morgan fingerprint density at radius 1 is 1.50 bits per heavy atom. The zero-order chi connectivity index (χ0) is 13.1. The molecule has 6 heteroatoms. The van der Waals surface area contributed by atoms with Crippen LogP contribution in [0.2, 0.25) is 0 Å². The number of oxime groups is 1. The Kier molecular flexibility index (Phi) is 3.84. The van der Waals surface area contributed by atoms with Gasteiger partial charge in [0, 0.05) is 19.0 Å². The Bertz CT molecular complexity index is 380. The van der Waals surface area contributed by atoms with Gasteiger partial charge in [-0.1, -0.05) is 12.1 Å². The number of carboxylic acids is 1. The number of piperidine rings is 1. The first-order chi connectivity index (χ1) is 8.63. The minimum atomic E-state index is -1.11. The van der Waals surface area contributed by atoms with E-state index in [4.69, 9.17) is 9.94 Å². The Morgan fingerprint density at radius 2 is 2.28 bits per heavy atom. The number of amides is 1. The van der Waals surface area contributed by atoms with Gasteiger partial charge in [-0.2, -0.15) is 0 Å². The van der Waals surface area contributed by atoms with Crippen LogP contribution >= 0.6 is 0 Å². The van der Waals surface area contributed by atoms with Crippen LogP contribution in [-0.4, -0.2) is 46.3 Å². The number of hydrogen-bond donors (Lipinski definition) is 1. The monoisotopic (exact) mass is 254 g/mol. The summed E-state index contributed by atoms with van der Waals surface area (Å²) < 4.78 is 0. The van der Waals surface area contributed by atoms with Crippen molar-refractivity contribution in [3.63, 3.8) is 0 Å². The molecule has 100 valence electrons. The molecule has 0 radical (unpaired) electrons. The van der Waals surface area contributed by atoms with Gasteiger partial charge in [0.25, 0.3) is 5.91 Å². The molecule has 0 aromatic heterocycles. The molecule has 0 aromatic carbocycles. The lowest BCUT2D eigenvalue weighted by atomic mass is 9.98. The number of carbonyl (C=O) groups is 2. The summed E-state index contributed by atoms with van der Waals surface area (Å²) in [7, 11) is 0.